The van der Waals surface area contributed by atoms with Gasteiger partial charge < -0.3 is 20.3 Å². The van der Waals surface area contributed by atoms with Crippen LogP contribution < -0.4 is 10.6 Å². The van der Waals surface area contributed by atoms with Crippen LogP contribution in [0.3, 0.4) is 0 Å². The van der Waals surface area contributed by atoms with Gasteiger partial charge in [0.2, 0.25) is 0 Å². The number of aliphatic imine (C=N–C) groups is 1. The molecular weight excluding hydrogens is 338 g/mol. The second-order valence-corrected chi connectivity index (χ2v) is 7.56. The Balaban J connectivity index is 1.71. The Morgan fingerprint density at radius 1 is 1.19 bits per heavy atom. The van der Waals surface area contributed by atoms with E-state index in [1.165, 1.54) is 5.56 Å². The molecule has 0 radical (unpaired) electrons. The number of rotatable bonds is 9. The average Bonchev–Trinajstić information content (AvgIpc) is 2.68. The van der Waals surface area contributed by atoms with Crippen molar-refractivity contribution in [3.63, 3.8) is 0 Å². The van der Waals surface area contributed by atoms with E-state index in [0.717, 1.165) is 58.4 Å². The summed E-state index contributed by atoms with van der Waals surface area (Å²) in [5.74, 6) is 1.47. The summed E-state index contributed by atoms with van der Waals surface area (Å²) in [4.78, 5) is 9.23. The van der Waals surface area contributed by atoms with Crippen LogP contribution in [-0.4, -0.2) is 81.8 Å². The Labute approximate surface area is 165 Å². The lowest BCUT2D eigenvalue weighted by atomic mass is 10.0. The summed E-state index contributed by atoms with van der Waals surface area (Å²) < 4.78 is 5.49. The molecule has 27 heavy (non-hydrogen) atoms. The number of likely N-dealkylation sites (N-methyl/N-ethyl adjacent to an activating group) is 1. The maximum atomic E-state index is 5.49. The molecule has 1 aliphatic heterocycles. The predicted molar refractivity (Wildman–Crippen MR) is 113 cm³/mol. The molecule has 1 aromatic rings. The molecule has 0 amide bonds. The molecule has 1 aliphatic rings. The largest absolute Gasteiger partial charge is 0.379 e. The predicted octanol–water partition coefficient (Wildman–Crippen LogP) is 1.64. The summed E-state index contributed by atoms with van der Waals surface area (Å²) in [5, 5.41) is 6.95. The van der Waals surface area contributed by atoms with E-state index in [-0.39, 0.29) is 0 Å². The lowest BCUT2D eigenvalue weighted by molar-refractivity contribution is 0.00752. The molecule has 0 saturated carbocycles. The summed E-state index contributed by atoms with van der Waals surface area (Å²) in [5.41, 5.74) is 1.34. The number of hydrogen-bond donors (Lipinski definition) is 2. The van der Waals surface area contributed by atoms with Gasteiger partial charge in [0.15, 0.2) is 5.96 Å². The normalized spacial score (nSPS) is 17.3. The van der Waals surface area contributed by atoms with E-state index in [1.807, 2.05) is 7.05 Å². The van der Waals surface area contributed by atoms with Crippen molar-refractivity contribution in [2.45, 2.75) is 26.4 Å². The Hall–Kier alpha value is -1.63. The van der Waals surface area contributed by atoms with Gasteiger partial charge in [-0.2, -0.15) is 0 Å². The number of guanidine groups is 1. The maximum Gasteiger partial charge on any atom is 0.191 e. The summed E-state index contributed by atoms with van der Waals surface area (Å²) in [6.07, 6.45) is 0. The average molecular weight is 376 g/mol. The molecule has 1 atom stereocenters. The van der Waals surface area contributed by atoms with Gasteiger partial charge in [0.25, 0.3) is 0 Å². The van der Waals surface area contributed by atoms with Gasteiger partial charge in [-0.05, 0) is 18.5 Å². The first-order chi connectivity index (χ1) is 13.1. The van der Waals surface area contributed by atoms with E-state index < -0.39 is 0 Å². The minimum atomic E-state index is 0.494. The fourth-order valence-corrected chi connectivity index (χ4v) is 3.46. The molecule has 0 aliphatic carbocycles. The van der Waals surface area contributed by atoms with Gasteiger partial charge in [0, 0.05) is 52.4 Å². The van der Waals surface area contributed by atoms with Crippen molar-refractivity contribution >= 4 is 5.96 Å². The lowest BCUT2D eigenvalue weighted by Gasteiger charge is -2.37. The number of ether oxygens (including phenoxy) is 1. The molecule has 1 fully saturated rings. The fourth-order valence-electron chi connectivity index (χ4n) is 3.46. The highest BCUT2D eigenvalue weighted by Crippen LogP contribution is 2.12. The van der Waals surface area contributed by atoms with Gasteiger partial charge in [-0.3, -0.25) is 9.89 Å². The zero-order valence-electron chi connectivity index (χ0n) is 17.4. The van der Waals surface area contributed by atoms with E-state index in [9.17, 15) is 0 Å². The van der Waals surface area contributed by atoms with Crippen LogP contribution >= 0.6 is 0 Å². The van der Waals surface area contributed by atoms with Gasteiger partial charge in [-0.15, -0.1) is 0 Å². The fraction of sp³-hybridized carbons (Fsp3) is 0.667. The van der Waals surface area contributed by atoms with Gasteiger partial charge in [0.1, 0.15) is 0 Å². The van der Waals surface area contributed by atoms with Crippen molar-refractivity contribution in [2.24, 2.45) is 10.9 Å². The van der Waals surface area contributed by atoms with Gasteiger partial charge in [-0.1, -0.05) is 44.2 Å². The molecule has 2 N–H and O–H groups in total. The maximum absolute atomic E-state index is 5.49. The van der Waals surface area contributed by atoms with Crippen molar-refractivity contribution in [3.8, 4) is 0 Å². The number of hydrogen-bond acceptors (Lipinski definition) is 4. The molecular formula is C21H37N5O. The zero-order chi connectivity index (χ0) is 19.5. The summed E-state index contributed by atoms with van der Waals surface area (Å²) in [7, 11) is 3.99. The second kappa shape index (κ2) is 12.0. The molecule has 0 spiro atoms. The number of nitrogens with one attached hydrogen (secondary N) is 2. The first-order valence-electron chi connectivity index (χ1n) is 10.1. The Morgan fingerprint density at radius 3 is 2.52 bits per heavy atom. The minimum Gasteiger partial charge on any atom is -0.379 e. The molecule has 6 heteroatoms. The molecule has 1 aromatic carbocycles. The van der Waals surface area contributed by atoms with Gasteiger partial charge >= 0.3 is 0 Å². The molecule has 0 aromatic heterocycles. The number of nitrogens with zero attached hydrogens (tertiary/aromatic N) is 3. The third kappa shape index (κ3) is 7.87. The Kier molecular flexibility index (Phi) is 9.59. The molecule has 2 rings (SSSR count). The lowest BCUT2D eigenvalue weighted by Crippen LogP contribution is -2.53. The van der Waals surface area contributed by atoms with Gasteiger partial charge in [0.05, 0.1) is 13.2 Å². The van der Waals surface area contributed by atoms with Crippen molar-refractivity contribution in [1.29, 1.82) is 0 Å². The molecule has 0 bridgehead atoms. The van der Waals surface area contributed by atoms with Crippen LogP contribution in [0.1, 0.15) is 19.4 Å². The zero-order valence-corrected chi connectivity index (χ0v) is 17.4. The van der Waals surface area contributed by atoms with E-state index in [4.69, 9.17) is 4.74 Å². The molecule has 1 unspecified atom stereocenters. The monoisotopic (exact) mass is 375 g/mol. The highest BCUT2D eigenvalue weighted by molar-refractivity contribution is 5.79. The van der Waals surface area contributed by atoms with Crippen molar-refractivity contribution in [2.75, 3.05) is 60.0 Å². The SMILES string of the molecule is CN=C(NCCN(C)Cc1ccccc1)NCC(C(C)C)N1CCOCC1. The second-order valence-electron chi connectivity index (χ2n) is 7.56. The standard InChI is InChI=1S/C21H37N5O/c1-18(2)20(26-12-14-27-15-13-26)16-24-21(22-3)23-10-11-25(4)17-19-8-6-5-7-9-19/h5-9,18,20H,10-17H2,1-4H3,(H2,22,23,24). The third-order valence-electron chi connectivity index (χ3n) is 5.07. The smallest absolute Gasteiger partial charge is 0.191 e. The first kappa shape index (κ1) is 21.7. The van der Waals surface area contributed by atoms with Crippen LogP contribution in [-0.2, 0) is 11.3 Å². The van der Waals surface area contributed by atoms with Gasteiger partial charge in [-0.25, -0.2) is 0 Å². The summed E-state index contributed by atoms with van der Waals surface area (Å²) in [6.45, 7) is 12.0. The highest BCUT2D eigenvalue weighted by atomic mass is 16.5. The summed E-state index contributed by atoms with van der Waals surface area (Å²) >= 11 is 0. The van der Waals surface area contributed by atoms with Crippen molar-refractivity contribution < 1.29 is 4.74 Å². The van der Waals surface area contributed by atoms with Crippen molar-refractivity contribution in [3.05, 3.63) is 35.9 Å². The number of benzene rings is 1. The van der Waals surface area contributed by atoms with E-state index >= 15 is 0 Å². The minimum absolute atomic E-state index is 0.494. The van der Waals surface area contributed by atoms with Crippen LogP contribution in [0.4, 0.5) is 0 Å². The summed E-state index contributed by atoms with van der Waals surface area (Å²) in [6, 6.07) is 11.1. The van der Waals surface area contributed by atoms with Crippen LogP contribution in [0.2, 0.25) is 0 Å². The van der Waals surface area contributed by atoms with Crippen LogP contribution in [0, 0.1) is 5.92 Å². The molecule has 1 heterocycles. The Bertz CT molecular complexity index is 543. The third-order valence-corrected chi connectivity index (χ3v) is 5.07. The van der Waals surface area contributed by atoms with Crippen molar-refractivity contribution in [1.82, 2.24) is 20.4 Å². The highest BCUT2D eigenvalue weighted by Gasteiger charge is 2.23. The number of morpholine rings is 1. The quantitative estimate of drug-likeness (QED) is 0.508. The Morgan fingerprint density at radius 2 is 1.89 bits per heavy atom. The molecule has 1 saturated heterocycles. The van der Waals surface area contributed by atoms with E-state index in [1.54, 1.807) is 0 Å². The topological polar surface area (TPSA) is 52.1 Å². The molecule has 6 nitrogen and oxygen atoms in total. The first-order valence-corrected chi connectivity index (χ1v) is 10.1. The van der Waals surface area contributed by atoms with E-state index in [2.05, 4.69) is 76.7 Å². The molecule has 152 valence electrons. The van der Waals surface area contributed by atoms with Crippen LogP contribution in [0.5, 0.6) is 0 Å². The van der Waals surface area contributed by atoms with E-state index in [0.29, 0.717) is 12.0 Å². The van der Waals surface area contributed by atoms with Crippen LogP contribution in [0.25, 0.3) is 0 Å². The van der Waals surface area contributed by atoms with Crippen LogP contribution in [0.15, 0.2) is 35.3 Å².